The minimum Gasteiger partial charge on any atom is -0.309 e. The lowest BCUT2D eigenvalue weighted by Gasteiger charge is -2.11. The van der Waals surface area contributed by atoms with E-state index in [1.807, 2.05) is 0 Å². The molecule has 0 radical (unpaired) electrons. The molecule has 0 atom stereocenters. The highest BCUT2D eigenvalue weighted by Gasteiger charge is 2.22. The van der Waals surface area contributed by atoms with Crippen LogP contribution in [0.5, 0.6) is 0 Å². The quantitative estimate of drug-likeness (QED) is 0.124. The fourth-order valence-electron chi connectivity index (χ4n) is 21.3. The molecule has 6 heterocycles. The van der Waals surface area contributed by atoms with Crippen LogP contribution >= 0.6 is 0 Å². The Labute approximate surface area is 773 Å². The van der Waals surface area contributed by atoms with E-state index >= 15 is 0 Å². The van der Waals surface area contributed by atoms with Crippen molar-refractivity contribution in [2.75, 3.05) is 0 Å². The van der Waals surface area contributed by atoms with Gasteiger partial charge in [-0.3, -0.25) is 0 Å². The molecule has 134 heavy (non-hydrogen) atoms. The van der Waals surface area contributed by atoms with Gasteiger partial charge >= 0.3 is 0 Å². The number of rotatable bonds is 11. The van der Waals surface area contributed by atoms with E-state index in [1.54, 1.807) is 0 Å². The summed E-state index contributed by atoms with van der Waals surface area (Å²) >= 11 is 0. The molecule has 6 nitrogen and oxygen atoms in total. The zero-order chi connectivity index (χ0) is 88.3. The molecule has 0 fully saturated rings. The Bertz CT molecular complexity index is 9440. The third-order valence-corrected chi connectivity index (χ3v) is 27.5. The fraction of sp³-hybridized carbons (Fsp3) is 0. The summed E-state index contributed by atoms with van der Waals surface area (Å²) in [6.07, 6.45) is 0. The average molecular weight is 1710 g/mol. The smallest absolute Gasteiger partial charge is 0.0541 e. The predicted octanol–water partition coefficient (Wildman–Crippen LogP) is 34.3. The van der Waals surface area contributed by atoms with Gasteiger partial charge in [-0.15, -0.1) is 0 Å². The second kappa shape index (κ2) is 32.1. The summed E-state index contributed by atoms with van der Waals surface area (Å²) in [6.45, 7) is 0. The molecule has 0 saturated carbocycles. The number of hydrogen-bond acceptors (Lipinski definition) is 0. The fourth-order valence-corrected chi connectivity index (χ4v) is 21.3. The van der Waals surface area contributed by atoms with E-state index < -0.39 is 0 Å². The summed E-state index contributed by atoms with van der Waals surface area (Å²) in [5.74, 6) is 0. The van der Waals surface area contributed by atoms with Gasteiger partial charge in [-0.05, 0) is 253 Å². The van der Waals surface area contributed by atoms with Crippen molar-refractivity contribution in [2.45, 2.75) is 0 Å². The van der Waals surface area contributed by atoms with Gasteiger partial charge in [0.1, 0.15) is 0 Å². The van der Waals surface area contributed by atoms with Crippen molar-refractivity contribution in [1.82, 2.24) is 27.4 Å². The van der Waals surface area contributed by atoms with Gasteiger partial charge < -0.3 is 27.4 Å². The summed E-state index contributed by atoms with van der Waals surface area (Å²) in [5.41, 5.74) is 33.9. The van der Waals surface area contributed by atoms with Gasteiger partial charge in [-0.25, -0.2) is 0 Å². The van der Waals surface area contributed by atoms with Crippen LogP contribution in [0.15, 0.2) is 510 Å². The standard InChI is InChI=1S/C46H30N2.C42H28N2.C40H26N2/c1-2-12-37(13-3-1)47-43-16-8-6-14-39(43)41-29-35(23-26-45(41)47)32-18-20-33(21-19-32)36-24-27-46-42(30-36)40-15-7-9-17-44(40)48(46)38-25-22-31-10-4-5-11-34(31)28-38;1-3-12-29(13-4-1)30-14-11-17-34(26-30)44-40-21-10-8-19-36(40)38-28-32(23-25-42(38)44)31-22-24-41-37(27-31)35-18-7-9-20-39(35)43(41)33-15-5-2-6-16-33;1-2-10-29-25-32(23-19-27(29)9-1)42-39-16-8-5-13-35(39)36-26-30(20-24-40(36)42)28-17-21-31(22-18-28)41-37-14-6-3-11-33(37)34-12-4-7-15-38(34)41/h1-30H;1-28H;1-26H. The highest BCUT2D eigenvalue weighted by atomic mass is 15.0. The van der Waals surface area contributed by atoms with Crippen LogP contribution in [-0.4, -0.2) is 27.4 Å². The van der Waals surface area contributed by atoms with Gasteiger partial charge in [0, 0.05) is 98.8 Å². The molecule has 0 unspecified atom stereocenters. The van der Waals surface area contributed by atoms with Gasteiger partial charge in [0.2, 0.25) is 0 Å². The Hall–Kier alpha value is -17.8. The Morgan fingerprint density at radius 1 is 0.0896 bits per heavy atom. The molecule has 0 aliphatic rings. The van der Waals surface area contributed by atoms with Gasteiger partial charge in [0.05, 0.1) is 66.2 Å². The number of hydrogen-bond donors (Lipinski definition) is 0. The summed E-state index contributed by atoms with van der Waals surface area (Å²) < 4.78 is 14.3. The molecule has 0 spiro atoms. The molecule has 6 heteroatoms. The molecule has 0 amide bonds. The topological polar surface area (TPSA) is 29.6 Å². The number of fused-ring (bicyclic) bond motifs is 20. The minimum absolute atomic E-state index is 1.17. The maximum absolute atomic E-state index is 2.40. The first-order chi connectivity index (χ1) is 66.5. The van der Waals surface area contributed by atoms with E-state index in [1.165, 1.54) is 242 Å². The van der Waals surface area contributed by atoms with E-state index in [4.69, 9.17) is 0 Å². The van der Waals surface area contributed by atoms with Crippen LogP contribution < -0.4 is 0 Å². The highest BCUT2D eigenvalue weighted by molar-refractivity contribution is 6.17. The lowest BCUT2D eigenvalue weighted by atomic mass is 9.98. The van der Waals surface area contributed by atoms with Gasteiger partial charge in [0.25, 0.3) is 0 Å². The first-order valence-electron chi connectivity index (χ1n) is 46.1. The summed E-state index contributed by atoms with van der Waals surface area (Å²) in [7, 11) is 0. The van der Waals surface area contributed by atoms with Gasteiger partial charge in [-0.1, -0.05) is 334 Å². The average Bonchev–Trinajstić information content (AvgIpc) is 1.58. The SMILES string of the molecule is c1ccc(-c2cccc(-n3c4ccccc4c4cc(-c5ccc6c(c5)c5ccccc5n6-c5ccccc5)ccc43)c2)cc1.c1ccc(-n2c3ccccc3c3cc(-c4ccc(-c5ccc6c(c5)c5ccccc5n6-c5ccc6ccccc6c5)cc4)ccc32)cc1.c1ccc2cc(-n3c4ccccc4c4cc(-c5ccc(-n6c7ccccc7c7ccccc76)cc5)ccc43)ccc2c1. The number of benzene rings is 22. The van der Waals surface area contributed by atoms with Crippen LogP contribution in [0.25, 0.3) is 242 Å². The molecule has 22 aromatic carbocycles. The van der Waals surface area contributed by atoms with E-state index in [2.05, 4.69) is 537 Å². The third-order valence-electron chi connectivity index (χ3n) is 27.5. The zero-order valence-corrected chi connectivity index (χ0v) is 73.2. The summed E-state index contributed by atoms with van der Waals surface area (Å²) in [4.78, 5) is 0. The Kier molecular flexibility index (Phi) is 18.5. The lowest BCUT2D eigenvalue weighted by molar-refractivity contribution is 1.18. The molecule has 626 valence electrons. The molecule has 0 aliphatic carbocycles. The van der Waals surface area contributed by atoms with Crippen LogP contribution in [-0.2, 0) is 0 Å². The highest BCUT2D eigenvalue weighted by Crippen LogP contribution is 2.45. The Balaban J connectivity index is 0.000000105. The zero-order valence-electron chi connectivity index (χ0n) is 73.2. The van der Waals surface area contributed by atoms with Crippen molar-refractivity contribution in [3.8, 4) is 89.8 Å². The first-order valence-corrected chi connectivity index (χ1v) is 46.1. The maximum atomic E-state index is 2.40. The molecule has 0 bridgehead atoms. The molecule has 28 rings (SSSR count). The molecule has 0 N–H and O–H groups in total. The molecular weight excluding hydrogens is 1620 g/mol. The molecule has 28 aromatic rings. The van der Waals surface area contributed by atoms with Crippen molar-refractivity contribution in [3.63, 3.8) is 0 Å². The normalized spacial score (nSPS) is 11.7. The first kappa shape index (κ1) is 77.3. The van der Waals surface area contributed by atoms with Crippen molar-refractivity contribution >= 4 is 152 Å². The van der Waals surface area contributed by atoms with Crippen LogP contribution in [0.3, 0.4) is 0 Å². The molecule has 0 saturated heterocycles. The number of aromatic nitrogens is 6. The maximum Gasteiger partial charge on any atom is 0.0541 e. The minimum atomic E-state index is 1.17. The van der Waals surface area contributed by atoms with Crippen molar-refractivity contribution in [1.29, 1.82) is 0 Å². The number of nitrogens with zero attached hydrogens (tertiary/aromatic N) is 6. The van der Waals surface area contributed by atoms with E-state index in [-0.39, 0.29) is 0 Å². The molecule has 6 aromatic heterocycles. The van der Waals surface area contributed by atoms with Crippen LogP contribution in [0.4, 0.5) is 0 Å². The predicted molar refractivity (Wildman–Crippen MR) is 568 cm³/mol. The van der Waals surface area contributed by atoms with Crippen molar-refractivity contribution in [2.24, 2.45) is 0 Å². The van der Waals surface area contributed by atoms with E-state index in [0.717, 1.165) is 0 Å². The van der Waals surface area contributed by atoms with Crippen LogP contribution in [0.1, 0.15) is 0 Å². The van der Waals surface area contributed by atoms with Crippen molar-refractivity contribution in [3.05, 3.63) is 510 Å². The third kappa shape index (κ3) is 13.1. The summed E-state index contributed by atoms with van der Waals surface area (Å²) in [5, 5.41) is 20.2. The van der Waals surface area contributed by atoms with E-state index in [0.29, 0.717) is 0 Å². The second-order valence-corrected chi connectivity index (χ2v) is 35.1. The van der Waals surface area contributed by atoms with Crippen LogP contribution in [0.2, 0.25) is 0 Å². The van der Waals surface area contributed by atoms with Gasteiger partial charge in [0.15, 0.2) is 0 Å². The number of para-hydroxylation sites is 9. The monoisotopic (exact) mass is 1700 g/mol. The lowest BCUT2D eigenvalue weighted by Crippen LogP contribution is -1.94. The second-order valence-electron chi connectivity index (χ2n) is 35.1. The Morgan fingerprint density at radius 2 is 0.276 bits per heavy atom. The Morgan fingerprint density at radius 3 is 0.597 bits per heavy atom. The largest absolute Gasteiger partial charge is 0.309 e. The molecular formula is C128H84N6. The van der Waals surface area contributed by atoms with Crippen molar-refractivity contribution < 1.29 is 0 Å². The molecule has 0 aliphatic heterocycles. The van der Waals surface area contributed by atoms with Crippen LogP contribution in [0, 0.1) is 0 Å². The van der Waals surface area contributed by atoms with Gasteiger partial charge in [-0.2, -0.15) is 0 Å². The van der Waals surface area contributed by atoms with E-state index in [9.17, 15) is 0 Å². The summed E-state index contributed by atoms with van der Waals surface area (Å²) in [6, 6.07) is 185.